The number of ether oxygens (including phenoxy) is 8. The molecule has 4 heterocycles. The van der Waals surface area contributed by atoms with Crippen LogP contribution in [0.3, 0.4) is 0 Å². The standard InChI is InChI=1S/C96H202N16O17/c1-76(117)109-85(11)89(15,121)92(18,81(7,75-116)126-96(85,22)129-90(16)79(5,73-114)124-93(19,122-32)83(9,87(90,13)119)107-67-43-61-104-58-40-55-98-49-34-37-52-101-64-46-70-111(26,27)28)128-95(21)84(10,108-68-44-62-105-59-41-56-99-50-35-38-53-102-65-47-71-112(29,30)31)88(14,120)91(17,80(6,74-115)125-95)127-94(20)82(8,86(12,118)77(2,3)78(4,72-113)123-94)106-66-42-60-103-57-39-54-97-48-33-36-51-100-63-45-69-110(23,24)25/h97-108,113-116,118-121H,33-75H2,1-32H3/q+2/p+1. The Labute approximate surface area is 783 Å². The lowest BCUT2D eigenvalue weighted by Gasteiger charge is -2.75. The zero-order chi connectivity index (χ0) is 98.3. The maximum absolute atomic E-state index is 14.8. The molecule has 0 aromatic rings. The van der Waals surface area contributed by atoms with Crippen LogP contribution in [0, 0.1) is 5.41 Å². The third-order valence-electron chi connectivity index (χ3n) is 32.3. The maximum Gasteiger partial charge on any atom is 0.217 e. The summed E-state index contributed by atoms with van der Waals surface area (Å²) in [5.41, 5.74) is -32.0. The van der Waals surface area contributed by atoms with E-state index in [0.717, 1.165) is 202 Å². The molecule has 33 nitrogen and oxygen atoms in total. The number of amides is 1. The Balaban J connectivity index is 1.78. The van der Waals surface area contributed by atoms with Gasteiger partial charge in [-0.25, -0.2) is 0 Å². The quantitative estimate of drug-likeness (QED) is 0.0307. The molecule has 1 amide bonds. The van der Waals surface area contributed by atoms with Crippen LogP contribution in [0.1, 0.15) is 249 Å². The molecule has 0 bridgehead atoms. The van der Waals surface area contributed by atoms with Gasteiger partial charge in [-0.05, 0) is 326 Å². The van der Waals surface area contributed by atoms with Crippen molar-refractivity contribution >= 4 is 5.91 Å². The number of quaternary nitrogens is 3. The Bertz CT molecular complexity index is 3290. The van der Waals surface area contributed by atoms with Gasteiger partial charge < -0.3 is 161 Å². The second-order valence-electron chi connectivity index (χ2n) is 45.3. The number of hydrogen-bond donors (Lipinski definition) is 21. The highest BCUT2D eigenvalue weighted by Gasteiger charge is 2.86. The topological polar surface area (TPSA) is 409 Å². The van der Waals surface area contributed by atoms with Crippen LogP contribution in [0.2, 0.25) is 0 Å². The van der Waals surface area contributed by atoms with Crippen LogP contribution in [0.25, 0.3) is 0 Å². The van der Waals surface area contributed by atoms with Crippen LogP contribution >= 0.6 is 0 Å². The summed E-state index contributed by atoms with van der Waals surface area (Å²) in [4.78, 5) is 14.4. The lowest BCUT2D eigenvalue weighted by molar-refractivity contribution is -0.870. The molecule has 19 atom stereocenters. The molecule has 0 saturated carbocycles. The number of carbonyl (C=O) groups excluding carboxylic acids is 1. The fourth-order valence-corrected chi connectivity index (χ4v) is 20.5. The minimum atomic E-state index is -2.56. The molecule has 0 aromatic carbocycles. The fraction of sp³-hybridized carbons (Fsp3) is 0.990. The van der Waals surface area contributed by atoms with E-state index < -0.39 is 145 Å². The third-order valence-corrected chi connectivity index (χ3v) is 32.3. The van der Waals surface area contributed by atoms with E-state index in [1.54, 1.807) is 90.0 Å². The summed E-state index contributed by atoms with van der Waals surface area (Å²) in [6.07, 6.45) is 14.5. The van der Waals surface area contributed by atoms with Gasteiger partial charge in [-0.2, -0.15) is 0 Å². The van der Waals surface area contributed by atoms with Gasteiger partial charge in [0.25, 0.3) is 0 Å². The second kappa shape index (κ2) is 47.9. The van der Waals surface area contributed by atoms with E-state index in [1.807, 2.05) is 20.8 Å². The molecule has 4 rings (SSSR count). The largest absolute Gasteiger partial charge is 0.393 e. The molecule has 4 fully saturated rings. The average molecular weight is 1850 g/mol. The molecule has 0 radical (unpaired) electrons. The van der Waals surface area contributed by atoms with Gasteiger partial charge in [0.2, 0.25) is 5.91 Å². The zero-order valence-corrected chi connectivity index (χ0v) is 88.0. The summed E-state index contributed by atoms with van der Waals surface area (Å²) in [5, 5.41) is 152. The maximum atomic E-state index is 14.8. The van der Waals surface area contributed by atoms with Gasteiger partial charge in [0.15, 0.2) is 23.1 Å². The first kappa shape index (κ1) is 120. The predicted molar refractivity (Wildman–Crippen MR) is 517 cm³/mol. The van der Waals surface area contributed by atoms with Gasteiger partial charge >= 0.3 is 0 Å². The number of unbranched alkanes of at least 4 members (excludes halogenated alkanes) is 3. The Morgan fingerprint density at radius 3 is 0.698 bits per heavy atom. The molecule has 21 N–H and O–H groups in total. The zero-order valence-electron chi connectivity index (χ0n) is 88.0. The van der Waals surface area contributed by atoms with Crippen LogP contribution in [0.5, 0.6) is 0 Å². The van der Waals surface area contributed by atoms with E-state index in [2.05, 4.69) is 133 Å². The van der Waals surface area contributed by atoms with E-state index in [9.17, 15) is 45.6 Å². The Hall–Kier alpha value is -1.77. The van der Waals surface area contributed by atoms with Crippen molar-refractivity contribution in [3.8, 4) is 0 Å². The van der Waals surface area contributed by atoms with E-state index in [1.165, 1.54) is 48.7 Å². The van der Waals surface area contributed by atoms with E-state index in [4.69, 9.17) is 37.9 Å². The van der Waals surface area contributed by atoms with E-state index in [0.29, 0.717) is 58.5 Å². The predicted octanol–water partition coefficient (Wildman–Crippen LogP) is 3.19. The monoisotopic (exact) mass is 1850 g/mol. The van der Waals surface area contributed by atoms with Gasteiger partial charge in [0.1, 0.15) is 67.0 Å². The van der Waals surface area contributed by atoms with Crippen molar-refractivity contribution in [2.45, 2.75) is 356 Å². The molecule has 766 valence electrons. The van der Waals surface area contributed by atoms with Crippen molar-refractivity contribution < 1.29 is 97.0 Å². The summed E-state index contributed by atoms with van der Waals surface area (Å²) < 4.78 is 61.8. The van der Waals surface area contributed by atoms with Crippen LogP contribution < -0.4 is 69.1 Å². The number of nitrogens with one attached hydrogen (secondary N) is 13. The van der Waals surface area contributed by atoms with Gasteiger partial charge in [-0.1, -0.05) is 13.8 Å². The lowest BCUT2D eigenvalue weighted by atomic mass is 9.53. The molecule has 4 saturated heterocycles. The smallest absolute Gasteiger partial charge is 0.217 e. The molecule has 0 aliphatic carbocycles. The molecule has 129 heavy (non-hydrogen) atoms. The number of carbonyl (C=O) groups is 1. The summed E-state index contributed by atoms with van der Waals surface area (Å²) in [6, 6.07) is 0. The Morgan fingerprint density at radius 2 is 0.465 bits per heavy atom. The molecule has 4 aliphatic rings. The summed E-state index contributed by atoms with van der Waals surface area (Å²) in [6.45, 7) is 52.3. The van der Waals surface area contributed by atoms with Crippen molar-refractivity contribution in [1.82, 2.24) is 69.1 Å². The molecule has 19 unspecified atom stereocenters. The lowest BCUT2D eigenvalue weighted by Crippen LogP contribution is -2.95. The molecular weight excluding hydrogens is 1650 g/mol. The number of aliphatic hydroxyl groups excluding tert-OH is 4. The molecule has 4 aliphatic heterocycles. The van der Waals surface area contributed by atoms with Gasteiger partial charge in [-0.15, -0.1) is 0 Å². The van der Waals surface area contributed by atoms with Gasteiger partial charge in [-0.3, -0.25) is 4.79 Å². The van der Waals surface area contributed by atoms with Crippen LogP contribution in [-0.2, 0) is 42.7 Å². The highest BCUT2D eigenvalue weighted by molar-refractivity contribution is 5.74. The van der Waals surface area contributed by atoms with Crippen molar-refractivity contribution in [1.29, 1.82) is 0 Å². The highest BCUT2D eigenvalue weighted by Crippen LogP contribution is 2.67. The summed E-state index contributed by atoms with van der Waals surface area (Å²) in [5.74, 6) is -9.12. The van der Waals surface area contributed by atoms with Crippen molar-refractivity contribution in [3.05, 3.63) is 0 Å². The minimum absolute atomic E-state index is 0.177. The first-order valence-electron chi connectivity index (χ1n) is 49.4. The average Bonchev–Trinajstić information content (AvgIpc) is 0.653. The van der Waals surface area contributed by atoms with Gasteiger partial charge in [0.05, 0.1) is 126 Å². The van der Waals surface area contributed by atoms with Crippen molar-refractivity contribution in [3.63, 3.8) is 0 Å². The van der Waals surface area contributed by atoms with E-state index >= 15 is 0 Å². The number of hydrogen-bond acceptors (Lipinski definition) is 29. The first-order chi connectivity index (χ1) is 59.3. The molecule has 0 aromatic heterocycles. The van der Waals surface area contributed by atoms with Crippen molar-refractivity contribution in [2.24, 2.45) is 5.41 Å². The summed E-state index contributed by atoms with van der Waals surface area (Å²) in [7, 11) is 21.4. The number of aliphatic hydroxyl groups is 8. The van der Waals surface area contributed by atoms with Crippen LogP contribution in [0.15, 0.2) is 0 Å². The Morgan fingerprint density at radius 1 is 0.271 bits per heavy atom. The fourth-order valence-electron chi connectivity index (χ4n) is 20.5. The number of methoxy groups -OCH3 is 1. The molecule has 33 heteroatoms. The third kappa shape index (κ3) is 26.7. The first-order valence-corrected chi connectivity index (χ1v) is 49.4. The molecule has 0 spiro atoms. The number of rotatable bonds is 66. The summed E-state index contributed by atoms with van der Waals surface area (Å²) >= 11 is 0. The minimum Gasteiger partial charge on any atom is -0.393 e. The van der Waals surface area contributed by atoms with E-state index in [-0.39, 0.29) is 6.54 Å². The highest BCUT2D eigenvalue weighted by atomic mass is 16.8. The number of nitrogens with zero attached hydrogens (tertiary/aromatic N) is 3. The molecular formula is C96H203N16O17+3. The Kier molecular flexibility index (Phi) is 44.4. The van der Waals surface area contributed by atoms with Crippen LogP contribution in [0.4, 0.5) is 0 Å². The van der Waals surface area contributed by atoms with Gasteiger partial charge in [0, 0.05) is 58.3 Å². The second-order valence-corrected chi connectivity index (χ2v) is 45.3. The van der Waals surface area contributed by atoms with Crippen molar-refractivity contribution in [2.75, 3.05) is 254 Å². The normalized spacial score (nSPS) is 37.5. The SMILES string of the molecule is COC1(C)OC(C)(CO)C(C)(OC2(C)OC(C)(CO)C(C)(OC3(C)OC(C)(CO)C(C)(OC4(C)OC(C)(CO)C(C)(C)C(C)(O)C4(C)NCCCNCCCNCCCCNCCC[N+](C)(C)C)C(C)(O)C3(C)NCCCNCCCNCCCCNCCC[N+](C)(C)C)C(C)(O)C2(C)NC(C)=O)C(C)(O)C1(C)NCCCNCCCNCCCCNCCC[N+](C)(C)C. The van der Waals surface area contributed by atoms with Crippen LogP contribution in [-0.4, -0.2) is 421 Å².